The number of ketones is 1. The Labute approximate surface area is 186 Å². The molecule has 0 amide bonds. The standard InChI is InChI=1S/C24H26O8/c1-5-31-22(26)10-8-16-11-17(23(27)21(14-16)30-4)18(24(28)32-6-2)12-15-7-9-19(25)20(13-15)29-3/h7-14,18,27H,5-6H2,1-4H3/b10-8+,15-12+. The van der Waals surface area contributed by atoms with Gasteiger partial charge in [0, 0.05) is 11.6 Å². The molecule has 1 atom stereocenters. The molecule has 1 aromatic carbocycles. The van der Waals surface area contributed by atoms with Crippen LogP contribution < -0.4 is 4.74 Å². The molecule has 1 aromatic rings. The number of ether oxygens (including phenoxy) is 4. The lowest BCUT2D eigenvalue weighted by atomic mass is 9.92. The van der Waals surface area contributed by atoms with Gasteiger partial charge in [0.25, 0.3) is 0 Å². The first-order valence-corrected chi connectivity index (χ1v) is 9.96. The van der Waals surface area contributed by atoms with E-state index < -0.39 is 17.9 Å². The number of hydrogen-bond donors (Lipinski definition) is 1. The monoisotopic (exact) mass is 442 g/mol. The van der Waals surface area contributed by atoms with E-state index in [0.717, 1.165) is 0 Å². The van der Waals surface area contributed by atoms with Crippen LogP contribution in [0.25, 0.3) is 6.08 Å². The van der Waals surface area contributed by atoms with E-state index in [1.54, 1.807) is 26.0 Å². The van der Waals surface area contributed by atoms with Crippen LogP contribution in [-0.4, -0.2) is 50.3 Å². The third-order valence-electron chi connectivity index (χ3n) is 4.47. The summed E-state index contributed by atoms with van der Waals surface area (Å²) in [5, 5.41) is 10.7. The second-order valence-electron chi connectivity index (χ2n) is 6.55. The normalized spacial score (nSPS) is 15.4. The van der Waals surface area contributed by atoms with Gasteiger partial charge in [-0.15, -0.1) is 0 Å². The molecule has 8 nitrogen and oxygen atoms in total. The summed E-state index contributed by atoms with van der Waals surface area (Å²) >= 11 is 0. The van der Waals surface area contributed by atoms with Crippen LogP contribution in [0.2, 0.25) is 0 Å². The van der Waals surface area contributed by atoms with Gasteiger partial charge in [0.15, 0.2) is 17.3 Å². The third-order valence-corrected chi connectivity index (χ3v) is 4.47. The number of aromatic hydroxyl groups is 1. The number of benzene rings is 1. The number of phenolic OH excluding ortho intramolecular Hbond substituents is 1. The van der Waals surface area contributed by atoms with E-state index in [2.05, 4.69) is 0 Å². The van der Waals surface area contributed by atoms with Crippen molar-refractivity contribution in [2.45, 2.75) is 19.8 Å². The van der Waals surface area contributed by atoms with E-state index in [0.29, 0.717) is 11.1 Å². The zero-order valence-electron chi connectivity index (χ0n) is 18.4. The Morgan fingerprint density at radius 1 is 1.06 bits per heavy atom. The highest BCUT2D eigenvalue weighted by Gasteiger charge is 2.26. The Balaban J connectivity index is 2.59. The molecule has 1 aliphatic rings. The fourth-order valence-corrected chi connectivity index (χ4v) is 2.99. The van der Waals surface area contributed by atoms with Gasteiger partial charge in [0.2, 0.25) is 5.78 Å². The van der Waals surface area contributed by atoms with Crippen molar-refractivity contribution in [3.05, 3.63) is 65.0 Å². The van der Waals surface area contributed by atoms with Gasteiger partial charge in [0.05, 0.1) is 27.4 Å². The molecule has 1 N–H and O–H groups in total. The maximum Gasteiger partial charge on any atom is 0.330 e. The number of carbonyl (C=O) groups excluding carboxylic acids is 3. The van der Waals surface area contributed by atoms with E-state index in [4.69, 9.17) is 18.9 Å². The first-order chi connectivity index (χ1) is 15.3. The first kappa shape index (κ1) is 24.5. The highest BCUT2D eigenvalue weighted by Crippen LogP contribution is 2.38. The molecule has 1 unspecified atom stereocenters. The van der Waals surface area contributed by atoms with E-state index in [-0.39, 0.29) is 41.8 Å². The van der Waals surface area contributed by atoms with Crippen LogP contribution in [0.5, 0.6) is 11.5 Å². The van der Waals surface area contributed by atoms with E-state index in [9.17, 15) is 19.5 Å². The zero-order valence-corrected chi connectivity index (χ0v) is 18.4. The fraction of sp³-hybridized carbons (Fsp3) is 0.292. The van der Waals surface area contributed by atoms with Crippen LogP contribution in [-0.2, 0) is 28.6 Å². The number of allylic oxidation sites excluding steroid dienone is 4. The van der Waals surface area contributed by atoms with Crippen LogP contribution in [0.4, 0.5) is 0 Å². The molecule has 0 aromatic heterocycles. The van der Waals surface area contributed by atoms with Crippen molar-refractivity contribution < 1.29 is 38.4 Å². The minimum Gasteiger partial charge on any atom is -0.504 e. The van der Waals surface area contributed by atoms with Gasteiger partial charge in [0.1, 0.15) is 5.92 Å². The van der Waals surface area contributed by atoms with Crippen LogP contribution in [0.15, 0.2) is 53.8 Å². The van der Waals surface area contributed by atoms with Gasteiger partial charge in [-0.3, -0.25) is 9.59 Å². The quantitative estimate of drug-likeness (QED) is 0.459. The van der Waals surface area contributed by atoms with Crippen molar-refractivity contribution in [1.29, 1.82) is 0 Å². The molecule has 170 valence electrons. The molecule has 0 spiro atoms. The SMILES string of the molecule is CCOC(=O)/C=C/c1cc(OC)c(O)c(C(/C=C2\C=CC(=O)C(OC)=C2)C(=O)OCC)c1. The molecular formula is C24H26O8. The largest absolute Gasteiger partial charge is 0.504 e. The molecule has 1 aliphatic carbocycles. The minimum atomic E-state index is -1.03. The highest BCUT2D eigenvalue weighted by molar-refractivity contribution is 6.04. The maximum atomic E-state index is 12.8. The number of carbonyl (C=O) groups is 3. The van der Waals surface area contributed by atoms with Crippen LogP contribution >= 0.6 is 0 Å². The molecule has 0 saturated carbocycles. The Kier molecular flexibility index (Phi) is 8.83. The average molecular weight is 442 g/mol. The molecule has 0 aliphatic heterocycles. The number of hydrogen-bond acceptors (Lipinski definition) is 8. The topological polar surface area (TPSA) is 108 Å². The molecule has 0 radical (unpaired) electrons. The average Bonchev–Trinajstić information content (AvgIpc) is 2.78. The predicted molar refractivity (Wildman–Crippen MR) is 117 cm³/mol. The van der Waals surface area contributed by atoms with Crippen molar-refractivity contribution in [3.63, 3.8) is 0 Å². The Morgan fingerprint density at radius 2 is 1.78 bits per heavy atom. The summed E-state index contributed by atoms with van der Waals surface area (Å²) in [6.07, 6.45) is 8.63. The van der Waals surface area contributed by atoms with Crippen LogP contribution in [0.1, 0.15) is 30.9 Å². The molecule has 0 bridgehead atoms. The second kappa shape index (κ2) is 11.5. The molecule has 0 fully saturated rings. The van der Waals surface area contributed by atoms with Crippen molar-refractivity contribution in [1.82, 2.24) is 0 Å². The summed E-state index contributed by atoms with van der Waals surface area (Å²) in [6, 6.07) is 3.07. The summed E-state index contributed by atoms with van der Waals surface area (Å²) in [4.78, 5) is 36.3. The van der Waals surface area contributed by atoms with Crippen molar-refractivity contribution in [2.24, 2.45) is 0 Å². The van der Waals surface area contributed by atoms with Gasteiger partial charge < -0.3 is 24.1 Å². The number of rotatable bonds is 9. The summed E-state index contributed by atoms with van der Waals surface area (Å²) in [6.45, 7) is 3.73. The predicted octanol–water partition coefficient (Wildman–Crippen LogP) is 3.22. The van der Waals surface area contributed by atoms with Crippen molar-refractivity contribution in [2.75, 3.05) is 27.4 Å². The van der Waals surface area contributed by atoms with E-state index >= 15 is 0 Å². The highest BCUT2D eigenvalue weighted by atomic mass is 16.5. The summed E-state index contributed by atoms with van der Waals surface area (Å²) in [5.41, 5.74) is 1.22. The number of phenols is 1. The van der Waals surface area contributed by atoms with E-state index in [1.807, 2.05) is 0 Å². The maximum absolute atomic E-state index is 12.8. The lowest BCUT2D eigenvalue weighted by Gasteiger charge is -2.18. The Bertz CT molecular complexity index is 997. The van der Waals surface area contributed by atoms with Gasteiger partial charge in [-0.1, -0.05) is 12.2 Å². The van der Waals surface area contributed by atoms with Crippen LogP contribution in [0.3, 0.4) is 0 Å². The molecule has 2 rings (SSSR count). The van der Waals surface area contributed by atoms with Gasteiger partial charge >= 0.3 is 11.9 Å². The number of methoxy groups -OCH3 is 2. The summed E-state index contributed by atoms with van der Waals surface area (Å²) < 4.78 is 20.4. The third kappa shape index (κ3) is 6.10. The molecule has 0 saturated heterocycles. The minimum absolute atomic E-state index is 0.112. The Hall–Kier alpha value is -3.81. The molecular weight excluding hydrogens is 416 g/mol. The smallest absolute Gasteiger partial charge is 0.330 e. The van der Waals surface area contributed by atoms with Crippen LogP contribution in [0, 0.1) is 0 Å². The molecule has 8 heteroatoms. The van der Waals surface area contributed by atoms with Crippen molar-refractivity contribution in [3.8, 4) is 11.5 Å². The first-order valence-electron chi connectivity index (χ1n) is 9.96. The summed E-state index contributed by atoms with van der Waals surface area (Å²) in [7, 11) is 2.75. The van der Waals surface area contributed by atoms with Gasteiger partial charge in [-0.2, -0.15) is 0 Å². The lowest BCUT2D eigenvalue weighted by Crippen LogP contribution is -2.16. The van der Waals surface area contributed by atoms with Gasteiger partial charge in [-0.05, 0) is 55.3 Å². The lowest BCUT2D eigenvalue weighted by molar-refractivity contribution is -0.143. The molecule has 32 heavy (non-hydrogen) atoms. The summed E-state index contributed by atoms with van der Waals surface area (Å²) in [5.74, 6) is -2.48. The number of esters is 2. The van der Waals surface area contributed by atoms with Crippen molar-refractivity contribution >= 4 is 23.8 Å². The Morgan fingerprint density at radius 3 is 2.41 bits per heavy atom. The molecule has 0 heterocycles. The van der Waals surface area contributed by atoms with Gasteiger partial charge in [-0.25, -0.2) is 4.79 Å². The van der Waals surface area contributed by atoms with E-state index in [1.165, 1.54) is 50.7 Å². The fourth-order valence-electron chi connectivity index (χ4n) is 2.99. The zero-order chi connectivity index (χ0) is 23.7. The second-order valence-corrected chi connectivity index (χ2v) is 6.55.